The molecular formula is C34H35FN4O5S. The van der Waals surface area contributed by atoms with Gasteiger partial charge in [0, 0.05) is 50.3 Å². The molecule has 0 spiro atoms. The van der Waals surface area contributed by atoms with Crippen LogP contribution in [0.1, 0.15) is 73.6 Å². The predicted octanol–water partition coefficient (Wildman–Crippen LogP) is 4.76. The second kappa shape index (κ2) is 16.1. The molecule has 3 aromatic rings. The Kier molecular flexibility index (Phi) is 12.0. The molecule has 2 aliphatic rings. The average molecular weight is 631 g/mol. The highest BCUT2D eigenvalue weighted by Gasteiger charge is 2.32. The van der Waals surface area contributed by atoms with Crippen LogP contribution in [-0.2, 0) is 18.1 Å². The third-order valence-electron chi connectivity index (χ3n) is 8.48. The molecule has 0 radical (unpaired) electrons. The summed E-state index contributed by atoms with van der Waals surface area (Å²) in [6, 6.07) is 20.1. The van der Waals surface area contributed by atoms with Gasteiger partial charge in [0.15, 0.2) is 11.6 Å². The minimum atomic E-state index is -1.12. The Labute approximate surface area is 265 Å². The number of piperidine rings is 2. The molecular weight excluding hydrogens is 595 g/mol. The number of aromatic nitrogens is 1. The summed E-state index contributed by atoms with van der Waals surface area (Å²) in [5, 5.41) is 8.95. The number of rotatable bonds is 8. The van der Waals surface area contributed by atoms with Crippen molar-refractivity contribution >= 4 is 29.0 Å². The Balaban J connectivity index is 0.00000148. The van der Waals surface area contributed by atoms with Crippen LogP contribution in [0.5, 0.6) is 0 Å². The molecule has 2 fully saturated rings. The minimum Gasteiger partial charge on any atom is -0.339 e. The molecule has 45 heavy (non-hydrogen) atoms. The number of hydrogen-bond acceptors (Lipinski definition) is 8. The first-order valence-corrected chi connectivity index (χ1v) is 15.6. The normalized spacial score (nSPS) is 18.6. The Morgan fingerprint density at radius 1 is 0.933 bits per heavy atom. The highest BCUT2D eigenvalue weighted by Crippen LogP contribution is 2.27. The number of benzene rings is 2. The van der Waals surface area contributed by atoms with E-state index in [4.69, 9.17) is 13.7 Å². The van der Waals surface area contributed by atoms with Crippen LogP contribution in [0, 0.1) is 30.1 Å². The third kappa shape index (κ3) is 9.06. The fraction of sp³-hybridized carbons (Fsp3) is 0.382. The number of likely N-dealkylation sites (tertiary alicyclic amines) is 2. The van der Waals surface area contributed by atoms with E-state index in [-0.39, 0.29) is 48.0 Å². The number of nitriles is 1. The fourth-order valence-corrected chi connectivity index (χ4v) is 5.84. The van der Waals surface area contributed by atoms with Crippen molar-refractivity contribution in [1.82, 2.24) is 14.8 Å². The number of carbonyl (C=O) groups excluding carboxylic acids is 3. The SMILES string of the molecule is Cc1ccc(C(=O)C2CCN(C(=O)c3ccc(C(=O)CC4CCN(Cc5ccc(C#N)cc5)C[C@H]4F)nc3)CC2)cc1.O=S=O. The van der Waals surface area contributed by atoms with E-state index in [0.717, 1.165) is 11.1 Å². The molecule has 1 aromatic heterocycles. The first-order chi connectivity index (χ1) is 21.7. The fourth-order valence-electron chi connectivity index (χ4n) is 5.84. The summed E-state index contributed by atoms with van der Waals surface area (Å²) in [6.45, 7) is 4.51. The van der Waals surface area contributed by atoms with Gasteiger partial charge in [-0.2, -0.15) is 13.7 Å². The van der Waals surface area contributed by atoms with Gasteiger partial charge in [-0.1, -0.05) is 42.0 Å². The molecule has 2 aliphatic heterocycles. The molecule has 234 valence electrons. The molecule has 2 saturated heterocycles. The average Bonchev–Trinajstić information content (AvgIpc) is 3.06. The number of carbonyl (C=O) groups is 3. The van der Waals surface area contributed by atoms with Crippen LogP contribution in [0.25, 0.3) is 0 Å². The molecule has 0 bridgehead atoms. The summed E-state index contributed by atoms with van der Waals surface area (Å²) < 4.78 is 31.6. The standard InChI is InChI=1S/C34H35FN4O3.O2S/c1-23-2-8-26(9-3-23)33(41)27-13-16-39(17-14-27)34(42)29-10-11-31(37-20-29)32(40)18-28-12-15-38(22-30(28)35)21-25-6-4-24(19-36)5-7-25;1-3-2/h2-11,20,27-28,30H,12-18,21-22H2,1H3;/t28?,30-;/m1./s1. The molecule has 9 nitrogen and oxygen atoms in total. The van der Waals surface area contributed by atoms with Gasteiger partial charge in [0.1, 0.15) is 11.9 Å². The number of aryl methyl sites for hydroxylation is 1. The monoisotopic (exact) mass is 630 g/mol. The van der Waals surface area contributed by atoms with Crippen molar-refractivity contribution in [2.24, 2.45) is 11.8 Å². The number of pyridine rings is 1. The van der Waals surface area contributed by atoms with Crippen molar-refractivity contribution in [2.45, 2.75) is 45.3 Å². The smallest absolute Gasteiger partial charge is 0.335 e. The van der Waals surface area contributed by atoms with Gasteiger partial charge < -0.3 is 4.90 Å². The summed E-state index contributed by atoms with van der Waals surface area (Å²) in [5.41, 5.74) is 4.07. The van der Waals surface area contributed by atoms with E-state index in [1.165, 1.54) is 6.20 Å². The number of amides is 1. The van der Waals surface area contributed by atoms with E-state index in [1.54, 1.807) is 29.2 Å². The molecule has 2 atom stereocenters. The van der Waals surface area contributed by atoms with Crippen LogP contribution in [0.4, 0.5) is 4.39 Å². The Morgan fingerprint density at radius 2 is 1.58 bits per heavy atom. The highest BCUT2D eigenvalue weighted by atomic mass is 32.1. The van der Waals surface area contributed by atoms with E-state index >= 15 is 4.39 Å². The molecule has 1 unspecified atom stereocenters. The lowest BCUT2D eigenvalue weighted by Gasteiger charge is -2.34. The van der Waals surface area contributed by atoms with Gasteiger partial charge >= 0.3 is 11.6 Å². The Hall–Kier alpha value is -4.40. The quantitative estimate of drug-likeness (QED) is 0.326. The van der Waals surface area contributed by atoms with Gasteiger partial charge in [0.2, 0.25) is 0 Å². The lowest BCUT2D eigenvalue weighted by Crippen LogP contribution is -2.42. The van der Waals surface area contributed by atoms with Crippen LogP contribution < -0.4 is 0 Å². The number of hydrogen-bond donors (Lipinski definition) is 0. The zero-order valence-electron chi connectivity index (χ0n) is 25.1. The van der Waals surface area contributed by atoms with E-state index < -0.39 is 17.7 Å². The molecule has 1 amide bonds. The molecule has 0 N–H and O–H groups in total. The maximum absolute atomic E-state index is 15.0. The highest BCUT2D eigenvalue weighted by molar-refractivity contribution is 7.51. The predicted molar refractivity (Wildman–Crippen MR) is 166 cm³/mol. The lowest BCUT2D eigenvalue weighted by atomic mass is 9.88. The van der Waals surface area contributed by atoms with Crippen LogP contribution in [-0.4, -0.2) is 73.0 Å². The lowest BCUT2D eigenvalue weighted by molar-refractivity contribution is 0.0648. The van der Waals surface area contributed by atoms with Gasteiger partial charge in [0.05, 0.1) is 17.2 Å². The topological polar surface area (TPSA) is 129 Å². The molecule has 2 aromatic carbocycles. The first kappa shape index (κ1) is 33.5. The second-order valence-electron chi connectivity index (χ2n) is 11.5. The summed E-state index contributed by atoms with van der Waals surface area (Å²) in [7, 11) is 0. The van der Waals surface area contributed by atoms with Gasteiger partial charge in [0.25, 0.3) is 5.91 Å². The molecule has 3 heterocycles. The maximum atomic E-state index is 15.0. The molecule has 11 heteroatoms. The largest absolute Gasteiger partial charge is 0.339 e. The van der Waals surface area contributed by atoms with E-state index in [9.17, 15) is 14.4 Å². The minimum absolute atomic E-state index is 0.0781. The van der Waals surface area contributed by atoms with E-state index in [0.29, 0.717) is 62.1 Å². The van der Waals surface area contributed by atoms with Crippen molar-refractivity contribution in [3.8, 4) is 6.07 Å². The van der Waals surface area contributed by atoms with Crippen molar-refractivity contribution in [2.75, 3.05) is 26.2 Å². The maximum Gasteiger partial charge on any atom is 0.335 e. The zero-order valence-corrected chi connectivity index (χ0v) is 25.9. The molecule has 0 saturated carbocycles. The van der Waals surface area contributed by atoms with E-state index in [2.05, 4.69) is 11.1 Å². The number of nitrogens with zero attached hydrogens (tertiary/aromatic N) is 4. The first-order valence-electron chi connectivity index (χ1n) is 14.9. The van der Waals surface area contributed by atoms with Crippen LogP contribution in [0.15, 0.2) is 66.9 Å². The van der Waals surface area contributed by atoms with Crippen molar-refractivity contribution in [1.29, 1.82) is 5.26 Å². The summed E-state index contributed by atoms with van der Waals surface area (Å²) in [4.78, 5) is 46.9. The summed E-state index contributed by atoms with van der Waals surface area (Å²) in [5.74, 6) is -0.739. The Bertz CT molecular complexity index is 1560. The van der Waals surface area contributed by atoms with Crippen LogP contribution in [0.3, 0.4) is 0 Å². The van der Waals surface area contributed by atoms with Crippen LogP contribution in [0.2, 0.25) is 0 Å². The van der Waals surface area contributed by atoms with Gasteiger partial charge in [-0.05, 0) is 68.5 Å². The number of ketones is 2. The van der Waals surface area contributed by atoms with Gasteiger partial charge in [-0.15, -0.1) is 0 Å². The van der Waals surface area contributed by atoms with Crippen molar-refractivity contribution < 1.29 is 27.2 Å². The second-order valence-corrected chi connectivity index (χ2v) is 11.7. The van der Waals surface area contributed by atoms with E-state index in [1.807, 2.05) is 48.2 Å². The molecule has 5 rings (SSSR count). The molecule has 0 aliphatic carbocycles. The number of halogens is 1. The van der Waals surface area contributed by atoms with Crippen molar-refractivity contribution in [3.63, 3.8) is 0 Å². The third-order valence-corrected chi connectivity index (χ3v) is 8.48. The zero-order chi connectivity index (χ0) is 32.3. The Morgan fingerprint density at radius 3 is 2.16 bits per heavy atom. The number of Topliss-reactive ketones (excluding diaryl/α,β-unsaturated/α-hetero) is 2. The number of alkyl halides is 1. The summed E-state index contributed by atoms with van der Waals surface area (Å²) in [6.07, 6.45) is 2.17. The van der Waals surface area contributed by atoms with Crippen molar-refractivity contribution in [3.05, 3.63) is 100 Å². The summed E-state index contributed by atoms with van der Waals surface area (Å²) >= 11 is -0.750. The van der Waals surface area contributed by atoms with Crippen LogP contribution >= 0.6 is 0 Å². The van der Waals surface area contributed by atoms with Gasteiger partial charge in [-0.25, -0.2) is 4.39 Å². The van der Waals surface area contributed by atoms with Gasteiger partial charge in [-0.3, -0.25) is 24.3 Å².